The molecule has 2 heterocycles. The lowest BCUT2D eigenvalue weighted by Gasteiger charge is -2.32. The molecule has 0 saturated carbocycles. The van der Waals surface area contributed by atoms with Crippen molar-refractivity contribution in [3.05, 3.63) is 35.9 Å². The SMILES string of the molecule is CC(C)(C)OC(=O)N1CCCC1C1(c2ccccc2)CO1. The fraction of sp³-hybridized carbons (Fsp3) is 0.588. The van der Waals surface area contributed by atoms with Crippen LogP contribution in [-0.2, 0) is 15.1 Å². The fourth-order valence-electron chi connectivity index (χ4n) is 3.14. The van der Waals surface area contributed by atoms with Crippen LogP contribution in [0.3, 0.4) is 0 Å². The van der Waals surface area contributed by atoms with Crippen molar-refractivity contribution in [2.75, 3.05) is 13.2 Å². The van der Waals surface area contributed by atoms with Crippen LogP contribution in [0.2, 0.25) is 0 Å². The fourth-order valence-corrected chi connectivity index (χ4v) is 3.14. The maximum Gasteiger partial charge on any atom is 0.410 e. The number of nitrogens with zero attached hydrogens (tertiary/aromatic N) is 1. The van der Waals surface area contributed by atoms with Gasteiger partial charge >= 0.3 is 6.09 Å². The van der Waals surface area contributed by atoms with Gasteiger partial charge in [0.1, 0.15) is 11.2 Å². The quantitative estimate of drug-likeness (QED) is 0.784. The zero-order valence-electron chi connectivity index (χ0n) is 13.0. The Morgan fingerprint density at radius 2 is 2.00 bits per heavy atom. The van der Waals surface area contributed by atoms with Gasteiger partial charge in [-0.25, -0.2) is 4.79 Å². The van der Waals surface area contributed by atoms with Gasteiger partial charge in [0.05, 0.1) is 12.6 Å². The van der Waals surface area contributed by atoms with E-state index in [9.17, 15) is 4.79 Å². The average Bonchev–Trinajstić information content (AvgIpc) is 3.08. The maximum absolute atomic E-state index is 12.4. The number of carbonyl (C=O) groups excluding carboxylic acids is 1. The molecule has 4 nitrogen and oxygen atoms in total. The lowest BCUT2D eigenvalue weighted by molar-refractivity contribution is 0.0143. The zero-order valence-corrected chi connectivity index (χ0v) is 13.0. The molecule has 0 bridgehead atoms. The zero-order chi connectivity index (χ0) is 15.1. The number of amides is 1. The van der Waals surface area contributed by atoms with Crippen molar-refractivity contribution in [1.29, 1.82) is 0 Å². The molecule has 0 N–H and O–H groups in total. The van der Waals surface area contributed by atoms with Crippen molar-refractivity contribution < 1.29 is 14.3 Å². The molecular weight excluding hydrogens is 266 g/mol. The van der Waals surface area contributed by atoms with Crippen molar-refractivity contribution in [3.63, 3.8) is 0 Å². The molecule has 1 aromatic carbocycles. The van der Waals surface area contributed by atoms with Crippen LogP contribution in [-0.4, -0.2) is 35.8 Å². The van der Waals surface area contributed by atoms with Crippen molar-refractivity contribution in [2.45, 2.75) is 50.9 Å². The van der Waals surface area contributed by atoms with Crippen LogP contribution in [0.4, 0.5) is 4.79 Å². The molecule has 21 heavy (non-hydrogen) atoms. The molecule has 114 valence electrons. The van der Waals surface area contributed by atoms with E-state index in [1.54, 1.807) is 0 Å². The molecule has 0 aromatic heterocycles. The first-order valence-electron chi connectivity index (χ1n) is 7.61. The van der Waals surface area contributed by atoms with E-state index in [4.69, 9.17) is 9.47 Å². The van der Waals surface area contributed by atoms with Crippen LogP contribution < -0.4 is 0 Å². The molecule has 1 amide bonds. The minimum Gasteiger partial charge on any atom is -0.444 e. The summed E-state index contributed by atoms with van der Waals surface area (Å²) < 4.78 is 11.4. The summed E-state index contributed by atoms with van der Waals surface area (Å²) in [5.41, 5.74) is 0.369. The van der Waals surface area contributed by atoms with Gasteiger partial charge in [-0.15, -0.1) is 0 Å². The van der Waals surface area contributed by atoms with E-state index in [-0.39, 0.29) is 17.7 Å². The Hall–Kier alpha value is -1.55. The first-order valence-corrected chi connectivity index (χ1v) is 7.61. The number of benzene rings is 1. The second kappa shape index (κ2) is 5.02. The first kappa shape index (κ1) is 14.4. The lowest BCUT2D eigenvalue weighted by atomic mass is 9.90. The Balaban J connectivity index is 1.80. The Morgan fingerprint density at radius 3 is 2.57 bits per heavy atom. The van der Waals surface area contributed by atoms with Crippen LogP contribution in [0.1, 0.15) is 39.2 Å². The predicted octanol–water partition coefficient (Wildman–Crippen LogP) is 3.31. The molecule has 3 rings (SSSR count). The minimum atomic E-state index is -0.464. The summed E-state index contributed by atoms with van der Waals surface area (Å²) in [6.07, 6.45) is 1.74. The number of epoxide rings is 1. The van der Waals surface area contributed by atoms with E-state index in [2.05, 4.69) is 12.1 Å². The number of hydrogen-bond donors (Lipinski definition) is 0. The molecule has 0 aliphatic carbocycles. The highest BCUT2D eigenvalue weighted by Crippen LogP contribution is 2.47. The van der Waals surface area contributed by atoms with Crippen LogP contribution in [0, 0.1) is 0 Å². The molecular formula is C17H23NO3. The minimum absolute atomic E-state index is 0.0785. The van der Waals surface area contributed by atoms with Gasteiger partial charge in [0, 0.05) is 6.54 Å². The first-order chi connectivity index (χ1) is 9.92. The van der Waals surface area contributed by atoms with Crippen LogP contribution in [0.5, 0.6) is 0 Å². The number of ether oxygens (including phenoxy) is 2. The number of carbonyl (C=O) groups is 1. The van der Waals surface area contributed by atoms with E-state index < -0.39 is 5.60 Å². The second-order valence-electron chi connectivity index (χ2n) is 6.88. The largest absolute Gasteiger partial charge is 0.444 e. The van der Waals surface area contributed by atoms with Crippen LogP contribution in [0.25, 0.3) is 0 Å². The van der Waals surface area contributed by atoms with E-state index in [1.807, 2.05) is 43.9 Å². The third-order valence-electron chi connectivity index (χ3n) is 4.14. The highest BCUT2D eigenvalue weighted by molar-refractivity contribution is 5.69. The van der Waals surface area contributed by atoms with Gasteiger partial charge < -0.3 is 14.4 Å². The van der Waals surface area contributed by atoms with Crippen LogP contribution in [0.15, 0.2) is 30.3 Å². The second-order valence-corrected chi connectivity index (χ2v) is 6.88. The summed E-state index contributed by atoms with van der Waals surface area (Å²) in [4.78, 5) is 14.3. The van der Waals surface area contributed by atoms with Crippen molar-refractivity contribution >= 4 is 6.09 Å². The van der Waals surface area contributed by atoms with E-state index >= 15 is 0 Å². The van der Waals surface area contributed by atoms with Gasteiger partial charge in [0.25, 0.3) is 0 Å². The normalized spacial score (nSPS) is 28.5. The molecule has 2 aliphatic heterocycles. The maximum atomic E-state index is 12.4. The Kier molecular flexibility index (Phi) is 3.44. The van der Waals surface area contributed by atoms with Crippen molar-refractivity contribution in [3.8, 4) is 0 Å². The van der Waals surface area contributed by atoms with Crippen LogP contribution >= 0.6 is 0 Å². The van der Waals surface area contributed by atoms with Gasteiger partial charge in [0.2, 0.25) is 0 Å². The highest BCUT2D eigenvalue weighted by atomic mass is 16.6. The van der Waals surface area contributed by atoms with Gasteiger partial charge in [-0.05, 0) is 39.2 Å². The summed E-state index contributed by atoms with van der Waals surface area (Å²) in [6, 6.07) is 10.3. The molecule has 2 aliphatic rings. The highest BCUT2D eigenvalue weighted by Gasteiger charge is 2.57. The number of likely N-dealkylation sites (tertiary alicyclic amines) is 1. The number of hydrogen-bond acceptors (Lipinski definition) is 3. The van der Waals surface area contributed by atoms with Gasteiger partial charge in [-0.2, -0.15) is 0 Å². The Bertz CT molecular complexity index is 517. The molecule has 2 fully saturated rings. The van der Waals surface area contributed by atoms with Gasteiger partial charge in [-0.3, -0.25) is 0 Å². The van der Waals surface area contributed by atoms with Crippen molar-refractivity contribution in [2.24, 2.45) is 0 Å². The lowest BCUT2D eigenvalue weighted by Crippen LogP contribution is -2.45. The molecule has 2 unspecified atom stereocenters. The smallest absolute Gasteiger partial charge is 0.410 e. The van der Waals surface area contributed by atoms with Gasteiger partial charge in [0.15, 0.2) is 0 Å². The summed E-state index contributed by atoms with van der Waals surface area (Å²) in [6.45, 7) is 7.13. The summed E-state index contributed by atoms with van der Waals surface area (Å²) >= 11 is 0. The summed E-state index contributed by atoms with van der Waals surface area (Å²) in [7, 11) is 0. The Labute approximate surface area is 126 Å². The van der Waals surface area contributed by atoms with E-state index in [0.717, 1.165) is 24.9 Å². The van der Waals surface area contributed by atoms with E-state index in [1.165, 1.54) is 0 Å². The third kappa shape index (κ3) is 2.77. The molecule has 2 saturated heterocycles. The third-order valence-corrected chi connectivity index (χ3v) is 4.14. The molecule has 1 aromatic rings. The average molecular weight is 289 g/mol. The summed E-state index contributed by atoms with van der Waals surface area (Å²) in [5, 5.41) is 0. The predicted molar refractivity (Wildman–Crippen MR) is 80.0 cm³/mol. The molecule has 0 radical (unpaired) electrons. The molecule has 0 spiro atoms. The summed E-state index contributed by atoms with van der Waals surface area (Å²) in [5.74, 6) is 0. The molecule has 4 heteroatoms. The van der Waals surface area contributed by atoms with E-state index in [0.29, 0.717) is 6.61 Å². The van der Waals surface area contributed by atoms with Crippen molar-refractivity contribution in [1.82, 2.24) is 4.90 Å². The molecule has 2 atom stereocenters. The van der Waals surface area contributed by atoms with Gasteiger partial charge in [-0.1, -0.05) is 30.3 Å². The monoisotopic (exact) mass is 289 g/mol. The topological polar surface area (TPSA) is 42.1 Å². The number of rotatable bonds is 2. The standard InChI is InChI=1S/C17H23NO3/c1-16(2,3)21-15(19)18-11-7-10-14(18)17(12-20-17)13-8-5-4-6-9-13/h4-6,8-9,14H,7,10-12H2,1-3H3. The Morgan fingerprint density at radius 1 is 1.33 bits per heavy atom.